The molecule has 1 aliphatic rings. The molecule has 0 spiro atoms. The number of hydrogen-bond donors (Lipinski definition) is 1. The highest BCUT2D eigenvalue weighted by molar-refractivity contribution is 5.28. The average molecular weight is 235 g/mol. The van der Waals surface area contributed by atoms with Crippen molar-refractivity contribution in [3.05, 3.63) is 11.9 Å². The van der Waals surface area contributed by atoms with Crippen molar-refractivity contribution in [2.45, 2.75) is 52.5 Å². The average Bonchev–Trinajstić information content (AvgIpc) is 2.70. The van der Waals surface area contributed by atoms with Crippen LogP contribution in [0.5, 0.6) is 0 Å². The summed E-state index contributed by atoms with van der Waals surface area (Å²) < 4.78 is 2.37. The molecule has 0 radical (unpaired) electrons. The van der Waals surface area contributed by atoms with E-state index in [1.165, 1.54) is 25.7 Å². The molecule has 0 saturated heterocycles. The molecule has 3 heteroatoms. The third-order valence-corrected chi connectivity index (χ3v) is 4.07. The molecule has 1 aromatic rings. The van der Waals surface area contributed by atoms with E-state index in [9.17, 15) is 0 Å². The SMILES string of the molecule is CNc1nc(C)cn1C1CCCCC1C(C)C. The van der Waals surface area contributed by atoms with Gasteiger partial charge in [0.05, 0.1) is 5.69 Å². The highest BCUT2D eigenvalue weighted by Crippen LogP contribution is 2.39. The number of aryl methyl sites for hydroxylation is 1. The van der Waals surface area contributed by atoms with Crippen LogP contribution in [0.15, 0.2) is 6.20 Å². The zero-order valence-electron chi connectivity index (χ0n) is 11.5. The van der Waals surface area contributed by atoms with Crippen molar-refractivity contribution in [1.82, 2.24) is 9.55 Å². The van der Waals surface area contributed by atoms with Gasteiger partial charge in [-0.25, -0.2) is 4.98 Å². The molecule has 0 bridgehead atoms. The summed E-state index contributed by atoms with van der Waals surface area (Å²) in [6, 6.07) is 0.632. The number of nitrogens with zero attached hydrogens (tertiary/aromatic N) is 2. The first-order valence-corrected chi connectivity index (χ1v) is 6.86. The van der Waals surface area contributed by atoms with E-state index in [-0.39, 0.29) is 0 Å². The van der Waals surface area contributed by atoms with Crippen LogP contribution in [-0.2, 0) is 0 Å². The van der Waals surface area contributed by atoms with E-state index in [4.69, 9.17) is 0 Å². The summed E-state index contributed by atoms with van der Waals surface area (Å²) in [4.78, 5) is 4.55. The molecular formula is C14H25N3. The lowest BCUT2D eigenvalue weighted by atomic mass is 9.77. The predicted molar refractivity (Wildman–Crippen MR) is 72.3 cm³/mol. The Hall–Kier alpha value is -0.990. The molecule has 2 unspecified atom stereocenters. The second kappa shape index (κ2) is 5.11. The van der Waals surface area contributed by atoms with Crippen LogP contribution in [0.4, 0.5) is 5.95 Å². The maximum absolute atomic E-state index is 4.55. The molecule has 1 N–H and O–H groups in total. The molecule has 1 saturated carbocycles. The van der Waals surface area contributed by atoms with Gasteiger partial charge >= 0.3 is 0 Å². The minimum absolute atomic E-state index is 0.632. The van der Waals surface area contributed by atoms with E-state index in [0.29, 0.717) is 6.04 Å². The molecule has 96 valence electrons. The quantitative estimate of drug-likeness (QED) is 0.867. The van der Waals surface area contributed by atoms with Gasteiger partial charge in [-0.15, -0.1) is 0 Å². The number of nitrogens with one attached hydrogen (secondary N) is 1. The van der Waals surface area contributed by atoms with Crippen LogP contribution < -0.4 is 5.32 Å². The molecular weight excluding hydrogens is 210 g/mol. The number of aromatic nitrogens is 2. The lowest BCUT2D eigenvalue weighted by Crippen LogP contribution is -2.27. The molecule has 0 aromatic carbocycles. The first kappa shape index (κ1) is 12.5. The first-order chi connectivity index (χ1) is 8.13. The summed E-state index contributed by atoms with van der Waals surface area (Å²) in [7, 11) is 1.96. The molecule has 3 nitrogen and oxygen atoms in total. The Bertz CT molecular complexity index is 368. The van der Waals surface area contributed by atoms with Gasteiger partial charge in [0.1, 0.15) is 0 Å². The fourth-order valence-electron chi connectivity index (χ4n) is 3.22. The smallest absolute Gasteiger partial charge is 0.203 e. The van der Waals surface area contributed by atoms with Crippen molar-refractivity contribution < 1.29 is 0 Å². The molecule has 0 aliphatic heterocycles. The Morgan fingerprint density at radius 3 is 2.71 bits per heavy atom. The minimum Gasteiger partial charge on any atom is -0.359 e. The van der Waals surface area contributed by atoms with Gasteiger partial charge < -0.3 is 9.88 Å². The second-order valence-corrected chi connectivity index (χ2v) is 5.62. The molecule has 0 amide bonds. The number of hydrogen-bond acceptors (Lipinski definition) is 2. The topological polar surface area (TPSA) is 29.9 Å². The van der Waals surface area contributed by atoms with Crippen molar-refractivity contribution in [2.75, 3.05) is 12.4 Å². The van der Waals surface area contributed by atoms with Gasteiger partial charge in [-0.3, -0.25) is 0 Å². The fraction of sp³-hybridized carbons (Fsp3) is 0.786. The van der Waals surface area contributed by atoms with Gasteiger partial charge in [0, 0.05) is 19.3 Å². The summed E-state index contributed by atoms with van der Waals surface area (Å²) in [6.45, 7) is 6.78. The Morgan fingerprint density at radius 2 is 2.06 bits per heavy atom. The molecule has 1 aliphatic carbocycles. The lowest BCUT2D eigenvalue weighted by Gasteiger charge is -2.35. The van der Waals surface area contributed by atoms with Crippen LogP contribution >= 0.6 is 0 Å². The summed E-state index contributed by atoms with van der Waals surface area (Å²) >= 11 is 0. The molecule has 1 aromatic heterocycles. The number of imidazole rings is 1. The zero-order valence-corrected chi connectivity index (χ0v) is 11.5. The lowest BCUT2D eigenvalue weighted by molar-refractivity contribution is 0.186. The monoisotopic (exact) mass is 235 g/mol. The van der Waals surface area contributed by atoms with Crippen LogP contribution in [0.3, 0.4) is 0 Å². The second-order valence-electron chi connectivity index (χ2n) is 5.62. The van der Waals surface area contributed by atoms with Gasteiger partial charge in [-0.05, 0) is 31.6 Å². The van der Waals surface area contributed by atoms with E-state index >= 15 is 0 Å². The molecule has 2 atom stereocenters. The summed E-state index contributed by atoms with van der Waals surface area (Å²) in [6.07, 6.45) is 7.61. The Labute approximate surface area is 105 Å². The number of rotatable bonds is 3. The Kier molecular flexibility index (Phi) is 3.75. The normalized spacial score (nSPS) is 25.2. The standard InChI is InChI=1S/C14H25N3/c1-10(2)12-7-5-6-8-13(12)17-9-11(3)16-14(17)15-4/h9-10,12-13H,5-8H2,1-4H3,(H,15,16). The van der Waals surface area contributed by atoms with Crippen molar-refractivity contribution >= 4 is 5.95 Å². The zero-order chi connectivity index (χ0) is 12.4. The highest BCUT2D eigenvalue weighted by Gasteiger charge is 2.30. The van der Waals surface area contributed by atoms with Crippen molar-refractivity contribution in [3.63, 3.8) is 0 Å². The van der Waals surface area contributed by atoms with Gasteiger partial charge in [0.25, 0.3) is 0 Å². The van der Waals surface area contributed by atoms with Crippen LogP contribution in [0.25, 0.3) is 0 Å². The van der Waals surface area contributed by atoms with Gasteiger partial charge in [-0.2, -0.15) is 0 Å². The van der Waals surface area contributed by atoms with E-state index in [2.05, 4.69) is 41.8 Å². The maximum atomic E-state index is 4.55. The van der Waals surface area contributed by atoms with Crippen LogP contribution in [0, 0.1) is 18.8 Å². The summed E-state index contributed by atoms with van der Waals surface area (Å²) in [5.41, 5.74) is 1.11. The third-order valence-electron chi connectivity index (χ3n) is 4.07. The van der Waals surface area contributed by atoms with Crippen molar-refractivity contribution in [3.8, 4) is 0 Å². The van der Waals surface area contributed by atoms with E-state index in [0.717, 1.165) is 23.5 Å². The number of anilines is 1. The van der Waals surface area contributed by atoms with E-state index < -0.39 is 0 Å². The first-order valence-electron chi connectivity index (χ1n) is 6.86. The van der Waals surface area contributed by atoms with Gasteiger partial charge in [0.15, 0.2) is 0 Å². The Morgan fingerprint density at radius 1 is 1.35 bits per heavy atom. The van der Waals surface area contributed by atoms with E-state index in [1.807, 2.05) is 7.05 Å². The van der Waals surface area contributed by atoms with Gasteiger partial charge in [-0.1, -0.05) is 26.7 Å². The maximum Gasteiger partial charge on any atom is 0.203 e. The van der Waals surface area contributed by atoms with Crippen LogP contribution in [-0.4, -0.2) is 16.6 Å². The largest absolute Gasteiger partial charge is 0.359 e. The molecule has 2 rings (SSSR count). The summed E-state index contributed by atoms with van der Waals surface area (Å²) in [5.74, 6) is 2.58. The molecule has 1 heterocycles. The molecule has 1 fully saturated rings. The highest BCUT2D eigenvalue weighted by atomic mass is 15.2. The van der Waals surface area contributed by atoms with Gasteiger partial charge in [0.2, 0.25) is 5.95 Å². The third kappa shape index (κ3) is 2.48. The Balaban J connectivity index is 2.28. The van der Waals surface area contributed by atoms with Crippen molar-refractivity contribution in [1.29, 1.82) is 0 Å². The molecule has 17 heavy (non-hydrogen) atoms. The van der Waals surface area contributed by atoms with Crippen LogP contribution in [0.2, 0.25) is 0 Å². The fourth-order valence-corrected chi connectivity index (χ4v) is 3.22. The summed E-state index contributed by atoms with van der Waals surface area (Å²) in [5, 5.41) is 3.23. The van der Waals surface area contributed by atoms with E-state index in [1.54, 1.807) is 0 Å². The van der Waals surface area contributed by atoms with Crippen molar-refractivity contribution in [2.24, 2.45) is 11.8 Å². The van der Waals surface area contributed by atoms with Crippen LogP contribution in [0.1, 0.15) is 51.3 Å². The predicted octanol–water partition coefficient (Wildman–Crippen LogP) is 3.62. The minimum atomic E-state index is 0.632.